The summed E-state index contributed by atoms with van der Waals surface area (Å²) in [6, 6.07) is 5.99. The third kappa shape index (κ3) is 9.06. The number of carbonyl (C=O) groups excluding carboxylic acids is 1. The summed E-state index contributed by atoms with van der Waals surface area (Å²) in [4.78, 5) is 25.3. The number of guanidine groups is 1. The van der Waals surface area contributed by atoms with Crippen LogP contribution in [0.1, 0.15) is 46.2 Å². The van der Waals surface area contributed by atoms with Gasteiger partial charge in [0, 0.05) is 58.1 Å². The number of nitrogens with one attached hydrogen (secondary N) is 1. The molecular weight excluding hydrogens is 493 g/mol. The zero-order valence-electron chi connectivity index (χ0n) is 19.1. The molecular formula is C22H38IN5O2. The van der Waals surface area contributed by atoms with E-state index in [1.54, 1.807) is 0 Å². The molecule has 0 radical (unpaired) electrons. The summed E-state index contributed by atoms with van der Waals surface area (Å²) < 4.78 is 5.53. The number of rotatable bonds is 6. The van der Waals surface area contributed by atoms with Crippen molar-refractivity contribution in [2.45, 2.75) is 52.6 Å². The number of piperidine rings is 1. The van der Waals surface area contributed by atoms with Crippen LogP contribution in [0.5, 0.6) is 0 Å². The maximum absolute atomic E-state index is 12.4. The van der Waals surface area contributed by atoms with Crippen molar-refractivity contribution in [3.05, 3.63) is 30.1 Å². The lowest BCUT2D eigenvalue weighted by molar-refractivity contribution is 0.0214. The number of carbonyl (C=O) groups is 1. The Morgan fingerprint density at radius 2 is 2.03 bits per heavy atom. The molecule has 0 bridgehead atoms. The van der Waals surface area contributed by atoms with E-state index in [0.29, 0.717) is 12.5 Å². The lowest BCUT2D eigenvalue weighted by Gasteiger charge is -2.36. The van der Waals surface area contributed by atoms with E-state index in [1.165, 1.54) is 0 Å². The van der Waals surface area contributed by atoms with E-state index in [4.69, 9.17) is 4.74 Å². The second-order valence-corrected chi connectivity index (χ2v) is 8.49. The SMILES string of the molecule is CCN(CC1CCN(C(=NC)NCCc2ccccn2)CC1)C(=O)OC(C)(C)C.I. The Morgan fingerprint density at radius 3 is 2.57 bits per heavy atom. The third-order valence-electron chi connectivity index (χ3n) is 5.03. The van der Waals surface area contributed by atoms with E-state index < -0.39 is 5.60 Å². The lowest BCUT2D eigenvalue weighted by atomic mass is 9.96. The topological polar surface area (TPSA) is 70.1 Å². The fraction of sp³-hybridized carbons (Fsp3) is 0.682. The first kappa shape index (κ1) is 26.5. The summed E-state index contributed by atoms with van der Waals surface area (Å²) in [6.45, 7) is 11.9. The van der Waals surface area contributed by atoms with Crippen LogP contribution >= 0.6 is 24.0 Å². The molecule has 7 nitrogen and oxygen atoms in total. The maximum Gasteiger partial charge on any atom is 0.410 e. The Balaban J connectivity index is 0.00000450. The molecule has 1 N–H and O–H groups in total. The zero-order valence-corrected chi connectivity index (χ0v) is 21.4. The number of halogens is 1. The lowest BCUT2D eigenvalue weighted by Crippen LogP contribution is -2.48. The van der Waals surface area contributed by atoms with Gasteiger partial charge in [-0.2, -0.15) is 0 Å². The normalized spacial score (nSPS) is 15.4. The Labute approximate surface area is 198 Å². The van der Waals surface area contributed by atoms with Gasteiger partial charge in [0.25, 0.3) is 0 Å². The predicted molar refractivity (Wildman–Crippen MR) is 132 cm³/mol. The van der Waals surface area contributed by atoms with Crippen molar-refractivity contribution in [1.29, 1.82) is 0 Å². The summed E-state index contributed by atoms with van der Waals surface area (Å²) in [5.74, 6) is 1.43. The average Bonchev–Trinajstić information content (AvgIpc) is 2.69. The van der Waals surface area contributed by atoms with Gasteiger partial charge >= 0.3 is 6.09 Å². The van der Waals surface area contributed by atoms with Crippen LogP contribution in [-0.2, 0) is 11.2 Å². The fourth-order valence-corrected chi connectivity index (χ4v) is 3.48. The largest absolute Gasteiger partial charge is 0.444 e. The van der Waals surface area contributed by atoms with Gasteiger partial charge in [0.05, 0.1) is 0 Å². The van der Waals surface area contributed by atoms with E-state index in [2.05, 4.69) is 20.2 Å². The Kier molecular flexibility index (Phi) is 11.4. The van der Waals surface area contributed by atoms with E-state index in [9.17, 15) is 4.79 Å². The molecule has 0 atom stereocenters. The second-order valence-electron chi connectivity index (χ2n) is 8.49. The van der Waals surface area contributed by atoms with Crippen LogP contribution in [0, 0.1) is 5.92 Å². The number of nitrogens with zero attached hydrogens (tertiary/aromatic N) is 4. The highest BCUT2D eigenvalue weighted by atomic mass is 127. The number of ether oxygens (including phenoxy) is 1. The third-order valence-corrected chi connectivity index (χ3v) is 5.03. The first-order valence-corrected chi connectivity index (χ1v) is 10.7. The Hall–Kier alpha value is -1.58. The molecule has 1 amide bonds. The molecule has 1 aliphatic rings. The Bertz CT molecular complexity index is 655. The van der Waals surface area contributed by atoms with Crippen molar-refractivity contribution >= 4 is 36.0 Å². The summed E-state index contributed by atoms with van der Waals surface area (Å²) in [7, 11) is 1.83. The monoisotopic (exact) mass is 531 g/mol. The van der Waals surface area contributed by atoms with Gasteiger partial charge in [-0.05, 0) is 58.6 Å². The number of pyridine rings is 1. The first-order chi connectivity index (χ1) is 13.8. The molecule has 1 aromatic rings. The molecule has 0 spiro atoms. The highest BCUT2D eigenvalue weighted by Crippen LogP contribution is 2.20. The van der Waals surface area contributed by atoms with Crippen LogP contribution in [0.2, 0.25) is 0 Å². The van der Waals surface area contributed by atoms with Gasteiger partial charge in [-0.3, -0.25) is 9.98 Å². The summed E-state index contributed by atoms with van der Waals surface area (Å²) >= 11 is 0. The van der Waals surface area contributed by atoms with Crippen LogP contribution in [0.15, 0.2) is 29.4 Å². The first-order valence-electron chi connectivity index (χ1n) is 10.7. The molecule has 0 aliphatic carbocycles. The van der Waals surface area contributed by atoms with Gasteiger partial charge in [0.15, 0.2) is 5.96 Å². The van der Waals surface area contributed by atoms with Crippen molar-refractivity contribution in [3.8, 4) is 0 Å². The smallest absolute Gasteiger partial charge is 0.410 e. The molecule has 8 heteroatoms. The fourth-order valence-electron chi connectivity index (χ4n) is 3.48. The van der Waals surface area contributed by atoms with Crippen LogP contribution in [0.25, 0.3) is 0 Å². The second kappa shape index (κ2) is 13.0. The molecule has 30 heavy (non-hydrogen) atoms. The van der Waals surface area contributed by atoms with Crippen molar-refractivity contribution < 1.29 is 9.53 Å². The van der Waals surface area contributed by atoms with Gasteiger partial charge in [0.1, 0.15) is 5.60 Å². The quantitative estimate of drug-likeness (QED) is 0.344. The molecule has 1 fully saturated rings. The summed E-state index contributed by atoms with van der Waals surface area (Å²) in [5, 5.41) is 3.45. The number of hydrogen-bond donors (Lipinski definition) is 1. The number of aromatic nitrogens is 1. The van der Waals surface area contributed by atoms with Crippen molar-refractivity contribution in [2.75, 3.05) is 39.8 Å². The predicted octanol–water partition coefficient (Wildman–Crippen LogP) is 3.79. The van der Waals surface area contributed by atoms with Gasteiger partial charge in [-0.1, -0.05) is 6.07 Å². The number of aliphatic imine (C=N–C) groups is 1. The van der Waals surface area contributed by atoms with Crippen molar-refractivity contribution in [3.63, 3.8) is 0 Å². The number of hydrogen-bond acceptors (Lipinski definition) is 4. The van der Waals surface area contributed by atoms with Gasteiger partial charge < -0.3 is 19.9 Å². The minimum atomic E-state index is -0.457. The van der Waals surface area contributed by atoms with Crippen LogP contribution in [-0.4, -0.2) is 72.2 Å². The molecule has 1 saturated heterocycles. The zero-order chi connectivity index (χ0) is 21.3. The standard InChI is InChI=1S/C22H37N5O2.HI/c1-6-26(21(28)29-22(2,3)4)17-18-11-15-27(16-12-18)20(23-5)25-14-10-19-9-7-8-13-24-19;/h7-9,13,18H,6,10-12,14-17H2,1-5H3,(H,23,25);1H. The summed E-state index contributed by atoms with van der Waals surface area (Å²) in [6.07, 6.45) is 4.57. The maximum atomic E-state index is 12.4. The highest BCUT2D eigenvalue weighted by molar-refractivity contribution is 14.0. The van der Waals surface area contributed by atoms with Crippen molar-refractivity contribution in [2.24, 2.45) is 10.9 Å². The molecule has 170 valence electrons. The number of amides is 1. The molecule has 0 unspecified atom stereocenters. The summed E-state index contributed by atoms with van der Waals surface area (Å²) in [5.41, 5.74) is 0.623. The van der Waals surface area contributed by atoms with Crippen molar-refractivity contribution in [1.82, 2.24) is 20.1 Å². The van der Waals surface area contributed by atoms with Crippen LogP contribution < -0.4 is 5.32 Å². The molecule has 2 rings (SSSR count). The molecule has 0 aromatic carbocycles. The molecule has 1 aromatic heterocycles. The number of likely N-dealkylation sites (tertiary alicyclic amines) is 1. The Morgan fingerprint density at radius 1 is 1.33 bits per heavy atom. The van der Waals surface area contributed by atoms with E-state index in [-0.39, 0.29) is 30.1 Å². The highest BCUT2D eigenvalue weighted by Gasteiger charge is 2.27. The van der Waals surface area contributed by atoms with Gasteiger partial charge in [-0.15, -0.1) is 24.0 Å². The van der Waals surface area contributed by atoms with Crippen LogP contribution in [0.4, 0.5) is 4.79 Å². The minimum Gasteiger partial charge on any atom is -0.444 e. The minimum absolute atomic E-state index is 0. The van der Waals surface area contributed by atoms with E-state index >= 15 is 0 Å². The molecule has 0 saturated carbocycles. The van der Waals surface area contributed by atoms with Crippen LogP contribution in [0.3, 0.4) is 0 Å². The molecule has 1 aliphatic heterocycles. The average molecular weight is 531 g/mol. The van der Waals surface area contributed by atoms with E-state index in [0.717, 1.165) is 57.1 Å². The molecule has 2 heterocycles. The van der Waals surface area contributed by atoms with Gasteiger partial charge in [0.2, 0.25) is 0 Å². The van der Waals surface area contributed by atoms with E-state index in [1.807, 2.05) is 64.0 Å². The van der Waals surface area contributed by atoms with Gasteiger partial charge in [-0.25, -0.2) is 4.79 Å².